The number of hydrogen-bond donors (Lipinski definition) is 0. The molecule has 2 heterocycles. The van der Waals surface area contributed by atoms with E-state index in [1.165, 1.54) is 0 Å². The van der Waals surface area contributed by atoms with Gasteiger partial charge in [0.15, 0.2) is 12.1 Å². The topological polar surface area (TPSA) is 47.8 Å². The van der Waals surface area contributed by atoms with Crippen LogP contribution in [0.5, 0.6) is 0 Å². The summed E-state index contributed by atoms with van der Waals surface area (Å²) in [6, 6.07) is 3.90. The highest BCUT2D eigenvalue weighted by Crippen LogP contribution is 2.06. The minimum Gasteiger partial charge on any atom is -0.323 e. The number of nitrogens with zero attached hydrogens (tertiary/aromatic N) is 3. The van der Waals surface area contributed by atoms with E-state index in [1.807, 2.05) is 19.1 Å². The average molecular weight is 201 g/mol. The predicted molar refractivity (Wildman–Crippen MR) is 55.7 cm³/mol. The van der Waals surface area contributed by atoms with Gasteiger partial charge in [0, 0.05) is 18.6 Å². The maximum absolute atomic E-state index is 10.7. The lowest BCUT2D eigenvalue weighted by Crippen LogP contribution is -2.06. The molecular formula is C11H11N3O. The third kappa shape index (κ3) is 1.93. The van der Waals surface area contributed by atoms with Crippen LogP contribution in [0.4, 0.5) is 0 Å². The van der Waals surface area contributed by atoms with Crippen molar-refractivity contribution >= 4 is 6.29 Å². The molecule has 15 heavy (non-hydrogen) atoms. The highest BCUT2D eigenvalue weighted by atomic mass is 16.1. The first-order valence-electron chi connectivity index (χ1n) is 4.68. The van der Waals surface area contributed by atoms with Gasteiger partial charge < -0.3 is 4.57 Å². The van der Waals surface area contributed by atoms with Crippen molar-refractivity contribution in [3.05, 3.63) is 47.8 Å². The highest BCUT2D eigenvalue weighted by molar-refractivity contribution is 5.69. The number of aromatic nitrogens is 3. The van der Waals surface area contributed by atoms with E-state index in [1.54, 1.807) is 23.2 Å². The fourth-order valence-electron chi connectivity index (χ4n) is 1.42. The van der Waals surface area contributed by atoms with E-state index in [9.17, 15) is 4.79 Å². The molecule has 0 aromatic carbocycles. The molecule has 4 heteroatoms. The minimum atomic E-state index is 0.431. The third-order valence-corrected chi connectivity index (χ3v) is 2.29. The monoisotopic (exact) mass is 201 g/mol. The molecular weight excluding hydrogens is 190 g/mol. The zero-order valence-electron chi connectivity index (χ0n) is 8.42. The van der Waals surface area contributed by atoms with Crippen LogP contribution in [0.2, 0.25) is 0 Å². The van der Waals surface area contributed by atoms with Crippen LogP contribution in [0.25, 0.3) is 0 Å². The molecule has 76 valence electrons. The summed E-state index contributed by atoms with van der Waals surface area (Å²) in [5, 5.41) is 0. The summed E-state index contributed by atoms with van der Waals surface area (Å²) in [5.41, 5.74) is 2.07. The molecule has 0 aliphatic rings. The summed E-state index contributed by atoms with van der Waals surface area (Å²) in [5.74, 6) is 0.431. The first-order chi connectivity index (χ1) is 7.31. The molecule has 0 spiro atoms. The van der Waals surface area contributed by atoms with Crippen molar-refractivity contribution in [2.24, 2.45) is 0 Å². The fourth-order valence-corrected chi connectivity index (χ4v) is 1.42. The molecule has 0 saturated heterocycles. The Kier molecular flexibility index (Phi) is 2.58. The molecule has 0 aliphatic heterocycles. The van der Waals surface area contributed by atoms with Crippen LogP contribution in [-0.2, 0) is 6.54 Å². The molecule has 0 radical (unpaired) electrons. The molecule has 0 amide bonds. The van der Waals surface area contributed by atoms with Crippen molar-refractivity contribution in [2.75, 3.05) is 0 Å². The largest absolute Gasteiger partial charge is 0.323 e. The zero-order chi connectivity index (χ0) is 10.7. The van der Waals surface area contributed by atoms with Crippen molar-refractivity contribution in [1.29, 1.82) is 0 Å². The molecule has 2 rings (SSSR count). The average Bonchev–Trinajstić information content (AvgIpc) is 2.69. The lowest BCUT2D eigenvalue weighted by molar-refractivity contribution is 0.111. The Balaban J connectivity index is 2.29. The molecule has 0 aliphatic carbocycles. The summed E-state index contributed by atoms with van der Waals surface area (Å²) in [7, 11) is 0. The van der Waals surface area contributed by atoms with E-state index in [-0.39, 0.29) is 0 Å². The Labute approximate surface area is 87.6 Å². The van der Waals surface area contributed by atoms with Gasteiger partial charge in [-0.1, -0.05) is 6.07 Å². The molecule has 0 fully saturated rings. The summed E-state index contributed by atoms with van der Waals surface area (Å²) in [6.45, 7) is 2.58. The summed E-state index contributed by atoms with van der Waals surface area (Å²) in [6.07, 6.45) is 5.89. The maximum Gasteiger partial charge on any atom is 0.185 e. The first kappa shape index (κ1) is 9.58. The Morgan fingerprint density at radius 3 is 3.00 bits per heavy atom. The molecule has 0 unspecified atom stereocenters. The van der Waals surface area contributed by atoms with Gasteiger partial charge in [-0.05, 0) is 18.6 Å². The molecule has 0 N–H and O–H groups in total. The summed E-state index contributed by atoms with van der Waals surface area (Å²) in [4.78, 5) is 18.9. The number of aldehydes is 1. The molecule has 2 aromatic rings. The van der Waals surface area contributed by atoms with E-state index >= 15 is 0 Å². The number of pyridine rings is 1. The number of carbonyl (C=O) groups excluding carboxylic acids is 1. The van der Waals surface area contributed by atoms with Crippen LogP contribution in [0.3, 0.4) is 0 Å². The number of carbonyl (C=O) groups is 1. The van der Waals surface area contributed by atoms with Gasteiger partial charge in [-0.15, -0.1) is 0 Å². The molecule has 4 nitrogen and oxygen atoms in total. The van der Waals surface area contributed by atoms with Crippen molar-refractivity contribution in [3.8, 4) is 0 Å². The van der Waals surface area contributed by atoms with E-state index in [0.29, 0.717) is 12.4 Å². The second-order valence-electron chi connectivity index (χ2n) is 3.30. The summed E-state index contributed by atoms with van der Waals surface area (Å²) < 4.78 is 1.78. The van der Waals surface area contributed by atoms with Gasteiger partial charge in [0.2, 0.25) is 0 Å². The van der Waals surface area contributed by atoms with E-state index in [4.69, 9.17) is 0 Å². The normalized spacial score (nSPS) is 10.2. The zero-order valence-corrected chi connectivity index (χ0v) is 8.42. The van der Waals surface area contributed by atoms with Gasteiger partial charge in [0.25, 0.3) is 0 Å². The van der Waals surface area contributed by atoms with E-state index in [2.05, 4.69) is 9.97 Å². The smallest absolute Gasteiger partial charge is 0.185 e. The van der Waals surface area contributed by atoms with Gasteiger partial charge in [-0.25, -0.2) is 4.98 Å². The van der Waals surface area contributed by atoms with Crippen LogP contribution in [0, 0.1) is 6.92 Å². The minimum absolute atomic E-state index is 0.431. The van der Waals surface area contributed by atoms with E-state index in [0.717, 1.165) is 17.5 Å². The maximum atomic E-state index is 10.7. The van der Waals surface area contributed by atoms with Gasteiger partial charge in [0.1, 0.15) is 0 Å². The van der Waals surface area contributed by atoms with Crippen molar-refractivity contribution < 1.29 is 4.79 Å². The number of imidazole rings is 1. The van der Waals surface area contributed by atoms with Crippen molar-refractivity contribution in [3.63, 3.8) is 0 Å². The van der Waals surface area contributed by atoms with Crippen molar-refractivity contribution in [1.82, 2.24) is 14.5 Å². The Morgan fingerprint density at radius 2 is 2.27 bits per heavy atom. The number of hydrogen-bond acceptors (Lipinski definition) is 3. The standard InChI is InChI=1S/C11H11N3O/c1-9-3-2-4-12-10(9)7-14-6-5-13-11(14)8-15/h2-6,8H,7H2,1H3. The van der Waals surface area contributed by atoms with Gasteiger partial charge >= 0.3 is 0 Å². The van der Waals surface area contributed by atoms with Crippen LogP contribution in [0.1, 0.15) is 21.9 Å². The van der Waals surface area contributed by atoms with Crippen LogP contribution in [-0.4, -0.2) is 20.8 Å². The van der Waals surface area contributed by atoms with Crippen LogP contribution >= 0.6 is 0 Å². The molecule has 0 atom stereocenters. The van der Waals surface area contributed by atoms with E-state index < -0.39 is 0 Å². The van der Waals surface area contributed by atoms with Gasteiger partial charge in [-0.3, -0.25) is 9.78 Å². The van der Waals surface area contributed by atoms with Crippen LogP contribution < -0.4 is 0 Å². The van der Waals surface area contributed by atoms with Gasteiger partial charge in [-0.2, -0.15) is 0 Å². The predicted octanol–water partition coefficient (Wildman–Crippen LogP) is 1.45. The van der Waals surface area contributed by atoms with Crippen LogP contribution in [0.15, 0.2) is 30.7 Å². The summed E-state index contributed by atoms with van der Waals surface area (Å²) >= 11 is 0. The Hall–Kier alpha value is -1.97. The first-order valence-corrected chi connectivity index (χ1v) is 4.68. The third-order valence-electron chi connectivity index (χ3n) is 2.29. The Morgan fingerprint density at radius 1 is 1.40 bits per heavy atom. The van der Waals surface area contributed by atoms with Gasteiger partial charge in [0.05, 0.1) is 12.2 Å². The second kappa shape index (κ2) is 4.04. The number of rotatable bonds is 3. The van der Waals surface area contributed by atoms with Crippen molar-refractivity contribution in [2.45, 2.75) is 13.5 Å². The highest BCUT2D eigenvalue weighted by Gasteiger charge is 2.04. The second-order valence-corrected chi connectivity index (χ2v) is 3.30. The lowest BCUT2D eigenvalue weighted by atomic mass is 10.2. The SMILES string of the molecule is Cc1cccnc1Cn1ccnc1C=O. The lowest BCUT2D eigenvalue weighted by Gasteiger charge is -2.05. The molecule has 0 saturated carbocycles. The quantitative estimate of drug-likeness (QED) is 0.706. The molecule has 2 aromatic heterocycles. The fraction of sp³-hybridized carbons (Fsp3) is 0.182. The molecule has 0 bridgehead atoms. The number of aryl methyl sites for hydroxylation is 1. The Bertz CT molecular complexity index is 476.